The summed E-state index contributed by atoms with van der Waals surface area (Å²) >= 11 is 11.7. The molecule has 0 aliphatic carbocycles. The standard InChI is InChI=1S/C16H10Cl2F2O2/c17-12-7-5-10(9-13(12)18)6-8-14(21)11-3-1-2-4-15(11)22-16(19)20/h1-9,16H/b8-6+. The van der Waals surface area contributed by atoms with Crippen LogP contribution in [-0.2, 0) is 0 Å². The van der Waals surface area contributed by atoms with Gasteiger partial charge in [0, 0.05) is 0 Å². The number of halogens is 4. The second-order valence-electron chi connectivity index (χ2n) is 4.25. The molecule has 0 saturated carbocycles. The van der Waals surface area contributed by atoms with E-state index in [1.165, 1.54) is 30.4 Å². The van der Waals surface area contributed by atoms with Crippen molar-refractivity contribution >= 4 is 35.1 Å². The summed E-state index contributed by atoms with van der Waals surface area (Å²) in [6, 6.07) is 10.7. The molecule has 22 heavy (non-hydrogen) atoms. The van der Waals surface area contributed by atoms with Crippen molar-refractivity contribution in [1.29, 1.82) is 0 Å². The lowest BCUT2D eigenvalue weighted by Gasteiger charge is -2.07. The van der Waals surface area contributed by atoms with Crippen LogP contribution in [0.5, 0.6) is 5.75 Å². The Morgan fingerprint density at radius 1 is 1.09 bits per heavy atom. The van der Waals surface area contributed by atoms with Gasteiger partial charge >= 0.3 is 6.61 Å². The monoisotopic (exact) mass is 342 g/mol. The molecule has 0 unspecified atom stereocenters. The minimum atomic E-state index is -2.99. The summed E-state index contributed by atoms with van der Waals surface area (Å²) in [4.78, 5) is 12.1. The predicted octanol–water partition coefficient (Wildman–Crippen LogP) is 5.49. The predicted molar refractivity (Wildman–Crippen MR) is 82.9 cm³/mol. The highest BCUT2D eigenvalue weighted by Crippen LogP contribution is 2.24. The number of hydrogen-bond donors (Lipinski definition) is 0. The normalized spacial score (nSPS) is 11.1. The van der Waals surface area contributed by atoms with Crippen LogP contribution in [-0.4, -0.2) is 12.4 Å². The quantitative estimate of drug-likeness (QED) is 0.530. The summed E-state index contributed by atoms with van der Waals surface area (Å²) in [5.41, 5.74) is 0.717. The average Bonchev–Trinajstić information content (AvgIpc) is 2.48. The number of rotatable bonds is 5. The first kappa shape index (κ1) is 16.5. The van der Waals surface area contributed by atoms with Crippen LogP contribution in [0.1, 0.15) is 15.9 Å². The first-order valence-corrected chi connectivity index (χ1v) is 6.94. The molecule has 2 rings (SSSR count). The number of para-hydroxylation sites is 1. The van der Waals surface area contributed by atoms with Crippen molar-refractivity contribution in [2.24, 2.45) is 0 Å². The maximum Gasteiger partial charge on any atom is 0.387 e. The highest BCUT2D eigenvalue weighted by Gasteiger charge is 2.13. The number of carbonyl (C=O) groups is 1. The van der Waals surface area contributed by atoms with E-state index in [0.29, 0.717) is 15.6 Å². The lowest BCUT2D eigenvalue weighted by molar-refractivity contribution is -0.0501. The first-order valence-electron chi connectivity index (χ1n) is 6.18. The van der Waals surface area contributed by atoms with Gasteiger partial charge in [0.1, 0.15) is 5.75 Å². The van der Waals surface area contributed by atoms with Crippen LogP contribution in [0.15, 0.2) is 48.5 Å². The molecule has 0 aliphatic rings. The minimum absolute atomic E-state index is 0.0547. The lowest BCUT2D eigenvalue weighted by Crippen LogP contribution is -2.06. The van der Waals surface area contributed by atoms with E-state index in [-0.39, 0.29) is 11.3 Å². The number of benzene rings is 2. The molecule has 114 valence electrons. The van der Waals surface area contributed by atoms with Gasteiger partial charge in [-0.05, 0) is 35.9 Å². The zero-order valence-electron chi connectivity index (χ0n) is 11.1. The molecule has 0 bridgehead atoms. The zero-order chi connectivity index (χ0) is 16.1. The molecule has 0 N–H and O–H groups in total. The summed E-state index contributed by atoms with van der Waals surface area (Å²) in [6.45, 7) is -2.99. The molecule has 0 aliphatic heterocycles. The Bertz CT molecular complexity index is 715. The lowest BCUT2D eigenvalue weighted by atomic mass is 10.1. The van der Waals surface area contributed by atoms with Gasteiger partial charge in [0.05, 0.1) is 15.6 Å². The molecular formula is C16H10Cl2F2O2. The van der Waals surface area contributed by atoms with Crippen LogP contribution in [0.2, 0.25) is 10.0 Å². The van der Waals surface area contributed by atoms with Gasteiger partial charge in [0.15, 0.2) is 5.78 Å². The summed E-state index contributed by atoms with van der Waals surface area (Å²) in [5.74, 6) is -0.622. The smallest absolute Gasteiger partial charge is 0.387 e. The van der Waals surface area contributed by atoms with E-state index in [0.717, 1.165) is 0 Å². The Hall–Kier alpha value is -1.91. The number of alkyl halides is 2. The van der Waals surface area contributed by atoms with Crippen molar-refractivity contribution in [3.63, 3.8) is 0 Å². The molecule has 0 spiro atoms. The van der Waals surface area contributed by atoms with Crippen molar-refractivity contribution in [2.45, 2.75) is 6.61 Å². The molecule has 0 saturated heterocycles. The van der Waals surface area contributed by atoms with Crippen molar-refractivity contribution in [1.82, 2.24) is 0 Å². The van der Waals surface area contributed by atoms with Crippen molar-refractivity contribution in [3.8, 4) is 5.75 Å². The largest absolute Gasteiger partial charge is 0.434 e. The fourth-order valence-corrected chi connectivity index (χ4v) is 2.05. The molecule has 0 heterocycles. The number of carbonyl (C=O) groups excluding carboxylic acids is 1. The number of allylic oxidation sites excluding steroid dienone is 1. The summed E-state index contributed by atoms with van der Waals surface area (Å²) in [6.07, 6.45) is 2.77. The Balaban J connectivity index is 2.21. The van der Waals surface area contributed by atoms with E-state index in [1.54, 1.807) is 24.3 Å². The van der Waals surface area contributed by atoms with Crippen molar-refractivity contribution < 1.29 is 18.3 Å². The van der Waals surface area contributed by atoms with Gasteiger partial charge in [-0.2, -0.15) is 8.78 Å². The maximum atomic E-state index is 12.3. The molecule has 0 atom stereocenters. The van der Waals surface area contributed by atoms with Crippen LogP contribution >= 0.6 is 23.2 Å². The Morgan fingerprint density at radius 3 is 2.50 bits per heavy atom. The third-order valence-electron chi connectivity index (χ3n) is 2.74. The van der Waals surface area contributed by atoms with Gasteiger partial charge in [0.2, 0.25) is 0 Å². The van der Waals surface area contributed by atoms with E-state index in [4.69, 9.17) is 23.2 Å². The van der Waals surface area contributed by atoms with Crippen LogP contribution < -0.4 is 4.74 Å². The van der Waals surface area contributed by atoms with E-state index in [1.807, 2.05) is 0 Å². The highest BCUT2D eigenvalue weighted by atomic mass is 35.5. The minimum Gasteiger partial charge on any atom is -0.434 e. The van der Waals surface area contributed by atoms with Gasteiger partial charge in [0.25, 0.3) is 0 Å². The highest BCUT2D eigenvalue weighted by molar-refractivity contribution is 6.42. The second-order valence-corrected chi connectivity index (χ2v) is 5.06. The van der Waals surface area contributed by atoms with Gasteiger partial charge in [-0.1, -0.05) is 47.5 Å². The zero-order valence-corrected chi connectivity index (χ0v) is 12.6. The molecule has 2 aromatic carbocycles. The van der Waals surface area contributed by atoms with Gasteiger partial charge in [-0.15, -0.1) is 0 Å². The molecule has 2 nitrogen and oxygen atoms in total. The van der Waals surface area contributed by atoms with Crippen LogP contribution in [0.4, 0.5) is 8.78 Å². The third kappa shape index (κ3) is 4.29. The Labute approximate surface area is 135 Å². The van der Waals surface area contributed by atoms with Crippen LogP contribution in [0, 0.1) is 0 Å². The molecule has 0 aromatic heterocycles. The van der Waals surface area contributed by atoms with E-state index >= 15 is 0 Å². The van der Waals surface area contributed by atoms with Gasteiger partial charge in [-0.3, -0.25) is 4.79 Å². The number of ether oxygens (including phenoxy) is 1. The number of hydrogen-bond acceptors (Lipinski definition) is 2. The molecule has 2 aromatic rings. The molecular weight excluding hydrogens is 333 g/mol. The Morgan fingerprint density at radius 2 is 1.82 bits per heavy atom. The first-order chi connectivity index (χ1) is 10.5. The maximum absolute atomic E-state index is 12.3. The Kier molecular flexibility index (Phi) is 5.52. The fourth-order valence-electron chi connectivity index (χ4n) is 1.75. The topological polar surface area (TPSA) is 26.3 Å². The average molecular weight is 343 g/mol. The van der Waals surface area contributed by atoms with Gasteiger partial charge in [-0.25, -0.2) is 0 Å². The number of ketones is 1. The van der Waals surface area contributed by atoms with Crippen molar-refractivity contribution in [3.05, 3.63) is 69.7 Å². The van der Waals surface area contributed by atoms with E-state index in [9.17, 15) is 13.6 Å². The summed E-state index contributed by atoms with van der Waals surface area (Å²) in [5, 5.41) is 0.763. The second kappa shape index (κ2) is 7.38. The molecule has 6 heteroatoms. The van der Waals surface area contributed by atoms with Crippen molar-refractivity contribution in [2.75, 3.05) is 0 Å². The fraction of sp³-hybridized carbons (Fsp3) is 0.0625. The summed E-state index contributed by atoms with van der Waals surface area (Å²) < 4.78 is 29.0. The third-order valence-corrected chi connectivity index (χ3v) is 3.48. The van der Waals surface area contributed by atoms with E-state index in [2.05, 4.69) is 4.74 Å². The summed E-state index contributed by atoms with van der Waals surface area (Å²) in [7, 11) is 0. The van der Waals surface area contributed by atoms with Gasteiger partial charge < -0.3 is 4.74 Å². The SMILES string of the molecule is O=C(/C=C/c1ccc(Cl)c(Cl)c1)c1ccccc1OC(F)F. The van der Waals surface area contributed by atoms with Crippen LogP contribution in [0.3, 0.4) is 0 Å². The molecule has 0 amide bonds. The van der Waals surface area contributed by atoms with E-state index < -0.39 is 12.4 Å². The van der Waals surface area contributed by atoms with Crippen LogP contribution in [0.25, 0.3) is 6.08 Å². The molecule has 0 fully saturated rings. The molecule has 0 radical (unpaired) electrons.